The molecule has 30 heavy (non-hydrogen) atoms. The van der Waals surface area contributed by atoms with Gasteiger partial charge >= 0.3 is 12.1 Å². The molecule has 3 N–H and O–H groups in total. The van der Waals surface area contributed by atoms with Crippen LogP contribution in [0.5, 0.6) is 5.75 Å². The van der Waals surface area contributed by atoms with Crippen LogP contribution in [0, 0.1) is 5.82 Å². The number of aliphatic carboxylic acids is 1. The Labute approximate surface area is 174 Å². The molecule has 12 heteroatoms. The summed E-state index contributed by atoms with van der Waals surface area (Å²) in [6.07, 6.45) is -2.86. The lowest BCUT2D eigenvalue weighted by molar-refractivity contribution is -0.192. The number of likely N-dealkylation sites (tertiary alicyclic amines) is 1. The molecule has 2 aromatic rings. The first-order valence-electron chi connectivity index (χ1n) is 8.74. The number of carboxylic acids is 1. The fraction of sp³-hybridized carbons (Fsp3) is 0.389. The van der Waals surface area contributed by atoms with Crippen molar-refractivity contribution in [2.75, 3.05) is 25.5 Å². The largest absolute Gasteiger partial charge is 0.507 e. The smallest absolute Gasteiger partial charge is 0.490 e. The molecule has 1 saturated heterocycles. The summed E-state index contributed by atoms with van der Waals surface area (Å²) in [5.74, 6) is -2.99. The maximum Gasteiger partial charge on any atom is 0.490 e. The van der Waals surface area contributed by atoms with Crippen LogP contribution in [0.4, 0.5) is 23.4 Å². The van der Waals surface area contributed by atoms with Crippen LogP contribution in [0.3, 0.4) is 0 Å². The summed E-state index contributed by atoms with van der Waals surface area (Å²) >= 11 is 5.71. The third-order valence-corrected chi connectivity index (χ3v) is 4.39. The highest BCUT2D eigenvalue weighted by atomic mass is 35.5. The highest BCUT2D eigenvalue weighted by molar-refractivity contribution is 6.30. The van der Waals surface area contributed by atoms with Crippen molar-refractivity contribution in [2.45, 2.75) is 25.1 Å². The molecule has 2 heterocycles. The number of carbonyl (C=O) groups is 1. The highest BCUT2D eigenvalue weighted by Gasteiger charge is 2.38. The number of alkyl halides is 3. The Morgan fingerprint density at radius 1 is 1.30 bits per heavy atom. The van der Waals surface area contributed by atoms with Crippen molar-refractivity contribution in [3.63, 3.8) is 0 Å². The number of hydrogen-bond donors (Lipinski definition) is 3. The number of likely N-dealkylation sites (N-methyl/N-ethyl adjacent to an activating group) is 1. The molecule has 1 atom stereocenters. The molecule has 0 amide bonds. The molecule has 1 fully saturated rings. The fourth-order valence-electron chi connectivity index (χ4n) is 2.85. The van der Waals surface area contributed by atoms with Gasteiger partial charge < -0.3 is 20.4 Å². The zero-order valence-electron chi connectivity index (χ0n) is 15.7. The average molecular weight is 451 g/mol. The molecule has 0 saturated carbocycles. The lowest BCUT2D eigenvalue weighted by Gasteiger charge is -2.30. The molecule has 1 aliphatic rings. The third kappa shape index (κ3) is 6.70. The fourth-order valence-corrected chi connectivity index (χ4v) is 3.05. The minimum Gasteiger partial charge on any atom is -0.507 e. The normalized spacial score (nSPS) is 17.1. The summed E-state index contributed by atoms with van der Waals surface area (Å²) in [6, 6.07) is 6.13. The Kier molecular flexibility index (Phi) is 7.79. The highest BCUT2D eigenvalue weighted by Crippen LogP contribution is 2.33. The molecular weight excluding hydrogens is 432 g/mol. The van der Waals surface area contributed by atoms with Gasteiger partial charge in [0.15, 0.2) is 0 Å². The van der Waals surface area contributed by atoms with E-state index in [4.69, 9.17) is 21.5 Å². The van der Waals surface area contributed by atoms with Crippen molar-refractivity contribution in [1.82, 2.24) is 15.1 Å². The summed E-state index contributed by atoms with van der Waals surface area (Å²) in [4.78, 5) is 11.2. The van der Waals surface area contributed by atoms with Crippen LogP contribution in [0.1, 0.15) is 12.8 Å². The predicted octanol–water partition coefficient (Wildman–Crippen LogP) is 3.78. The van der Waals surface area contributed by atoms with Crippen LogP contribution in [0.2, 0.25) is 5.02 Å². The number of aromatic nitrogens is 2. The number of phenolic OH excluding ortho intramolecular Hbond substituents is 1. The van der Waals surface area contributed by atoms with Gasteiger partial charge in [0, 0.05) is 17.6 Å². The summed E-state index contributed by atoms with van der Waals surface area (Å²) in [7, 11) is 2.09. The number of benzene rings is 1. The maximum atomic E-state index is 14.0. The average Bonchev–Trinajstić information content (AvgIpc) is 2.62. The molecular formula is C18H19ClF4N4O3. The van der Waals surface area contributed by atoms with Crippen molar-refractivity contribution < 1.29 is 32.6 Å². The molecule has 1 aliphatic heterocycles. The topological polar surface area (TPSA) is 98.6 Å². The first-order chi connectivity index (χ1) is 14.0. The van der Waals surface area contributed by atoms with E-state index in [0.29, 0.717) is 11.9 Å². The second-order valence-corrected chi connectivity index (χ2v) is 7.07. The first-order valence-corrected chi connectivity index (χ1v) is 9.12. The van der Waals surface area contributed by atoms with Crippen molar-refractivity contribution in [3.05, 3.63) is 35.1 Å². The van der Waals surface area contributed by atoms with Crippen molar-refractivity contribution in [3.8, 4) is 17.0 Å². The van der Waals surface area contributed by atoms with Gasteiger partial charge in [-0.1, -0.05) is 11.6 Å². The van der Waals surface area contributed by atoms with Crippen LogP contribution in [-0.4, -0.2) is 63.6 Å². The van der Waals surface area contributed by atoms with E-state index in [1.807, 2.05) is 0 Å². The van der Waals surface area contributed by atoms with Crippen molar-refractivity contribution in [2.24, 2.45) is 0 Å². The molecule has 0 aliphatic carbocycles. The molecule has 1 unspecified atom stereocenters. The molecule has 7 nitrogen and oxygen atoms in total. The van der Waals surface area contributed by atoms with Gasteiger partial charge in [0.1, 0.15) is 17.4 Å². The maximum absolute atomic E-state index is 14.0. The standard InChI is InChI=1S/C16H18ClFN4O.C2HF3O2/c1-22-6-2-3-11(9-22)19-15-5-4-13(20-21-15)16-12(18)7-10(17)8-14(16)23;3-2(4,5)1(6)7/h4-5,7-8,11,23H,2-3,6,9H2,1H3,(H,19,21);(H,6,7). The number of carboxylic acid groups (broad SMARTS) is 1. The quantitative estimate of drug-likeness (QED) is 0.612. The molecule has 1 aromatic carbocycles. The van der Waals surface area contributed by atoms with Gasteiger partial charge in [-0.05, 0) is 50.7 Å². The number of anilines is 1. The van der Waals surface area contributed by atoms with E-state index in [0.717, 1.165) is 32.0 Å². The second-order valence-electron chi connectivity index (χ2n) is 6.63. The molecule has 0 spiro atoms. The number of rotatable bonds is 3. The summed E-state index contributed by atoms with van der Waals surface area (Å²) in [5.41, 5.74) is 0.272. The Bertz CT molecular complexity index is 858. The second kappa shape index (κ2) is 9.90. The number of hydrogen-bond acceptors (Lipinski definition) is 6. The Balaban J connectivity index is 0.000000396. The molecule has 0 radical (unpaired) electrons. The van der Waals surface area contributed by atoms with Gasteiger partial charge in [0.25, 0.3) is 0 Å². The number of nitrogens with one attached hydrogen (secondary N) is 1. The Morgan fingerprint density at radius 3 is 2.47 bits per heavy atom. The van der Waals surface area contributed by atoms with Gasteiger partial charge in [-0.3, -0.25) is 0 Å². The van der Waals surface area contributed by atoms with E-state index >= 15 is 0 Å². The van der Waals surface area contributed by atoms with E-state index < -0.39 is 18.0 Å². The van der Waals surface area contributed by atoms with Gasteiger partial charge in [-0.2, -0.15) is 13.2 Å². The van der Waals surface area contributed by atoms with E-state index in [-0.39, 0.29) is 22.0 Å². The Morgan fingerprint density at radius 2 is 1.97 bits per heavy atom. The van der Waals surface area contributed by atoms with Gasteiger partial charge in [0.05, 0.1) is 11.3 Å². The SMILES string of the molecule is CN1CCCC(Nc2ccc(-c3c(O)cc(Cl)cc3F)nn2)C1.O=C(O)C(F)(F)F. The van der Waals surface area contributed by atoms with E-state index in [2.05, 4.69) is 27.5 Å². The zero-order valence-corrected chi connectivity index (χ0v) is 16.5. The minimum absolute atomic E-state index is 0.00542. The predicted molar refractivity (Wildman–Crippen MR) is 102 cm³/mol. The summed E-state index contributed by atoms with van der Waals surface area (Å²) in [6.45, 7) is 2.06. The monoisotopic (exact) mass is 450 g/mol. The number of aromatic hydroxyl groups is 1. The first kappa shape index (κ1) is 23.6. The van der Waals surface area contributed by atoms with Crippen LogP contribution in [-0.2, 0) is 4.79 Å². The van der Waals surface area contributed by atoms with Gasteiger partial charge in [-0.15, -0.1) is 10.2 Å². The van der Waals surface area contributed by atoms with Crippen LogP contribution < -0.4 is 5.32 Å². The van der Waals surface area contributed by atoms with Gasteiger partial charge in [0.2, 0.25) is 0 Å². The number of nitrogens with zero attached hydrogens (tertiary/aromatic N) is 3. The summed E-state index contributed by atoms with van der Waals surface area (Å²) in [5, 5.41) is 28.6. The zero-order chi connectivity index (χ0) is 22.5. The lowest BCUT2D eigenvalue weighted by Crippen LogP contribution is -2.39. The van der Waals surface area contributed by atoms with Gasteiger partial charge in [-0.25, -0.2) is 9.18 Å². The van der Waals surface area contributed by atoms with E-state index in [9.17, 15) is 22.7 Å². The molecule has 164 valence electrons. The van der Waals surface area contributed by atoms with Crippen molar-refractivity contribution in [1.29, 1.82) is 0 Å². The minimum atomic E-state index is -5.08. The number of halogens is 5. The van der Waals surface area contributed by atoms with Crippen LogP contribution >= 0.6 is 11.6 Å². The number of phenols is 1. The van der Waals surface area contributed by atoms with E-state index in [1.165, 1.54) is 6.07 Å². The summed E-state index contributed by atoms with van der Waals surface area (Å²) < 4.78 is 45.7. The van der Waals surface area contributed by atoms with Crippen LogP contribution in [0.15, 0.2) is 24.3 Å². The molecule has 3 rings (SSSR count). The lowest BCUT2D eigenvalue weighted by atomic mass is 10.1. The van der Waals surface area contributed by atoms with Crippen LogP contribution in [0.25, 0.3) is 11.3 Å². The van der Waals surface area contributed by atoms with E-state index in [1.54, 1.807) is 12.1 Å². The van der Waals surface area contributed by atoms with Crippen molar-refractivity contribution >= 4 is 23.4 Å². The molecule has 0 bridgehead atoms. The molecule has 1 aromatic heterocycles. The number of piperidine rings is 1. The third-order valence-electron chi connectivity index (χ3n) is 4.17. The Hall–Kier alpha value is -2.66.